The fourth-order valence-corrected chi connectivity index (χ4v) is 3.44. The molecule has 0 amide bonds. The SMILES string of the molecule is O=C(O)c1ccc(C(O)c2ccc(C(O)c3ccc(C(=O)O)c(C(=O)O)c3)cc2)cc1C(=O)O. The van der Waals surface area contributed by atoms with Crippen molar-refractivity contribution in [1.82, 2.24) is 0 Å². The smallest absolute Gasteiger partial charge is 0.336 e. The van der Waals surface area contributed by atoms with E-state index in [0.29, 0.717) is 11.1 Å². The second kappa shape index (κ2) is 9.53. The Morgan fingerprint density at radius 1 is 0.441 bits per heavy atom. The number of rotatable bonds is 8. The van der Waals surface area contributed by atoms with Crippen molar-refractivity contribution in [1.29, 1.82) is 0 Å². The Labute approximate surface area is 191 Å². The number of hydrogen-bond donors (Lipinski definition) is 6. The molecule has 0 spiro atoms. The van der Waals surface area contributed by atoms with E-state index in [-0.39, 0.29) is 11.1 Å². The van der Waals surface area contributed by atoms with Gasteiger partial charge in [-0.15, -0.1) is 0 Å². The van der Waals surface area contributed by atoms with Crippen LogP contribution in [0.4, 0.5) is 0 Å². The summed E-state index contributed by atoms with van der Waals surface area (Å²) in [7, 11) is 0. The second-order valence-electron chi connectivity index (χ2n) is 7.30. The predicted molar refractivity (Wildman–Crippen MR) is 115 cm³/mol. The van der Waals surface area contributed by atoms with Crippen LogP contribution in [0.3, 0.4) is 0 Å². The van der Waals surface area contributed by atoms with Gasteiger partial charge in [-0.3, -0.25) is 0 Å². The first kappa shape index (κ1) is 24.1. The molecular formula is C24H18O10. The van der Waals surface area contributed by atoms with Crippen molar-refractivity contribution >= 4 is 23.9 Å². The van der Waals surface area contributed by atoms with Crippen LogP contribution in [0.15, 0.2) is 60.7 Å². The molecule has 0 bridgehead atoms. The maximum absolute atomic E-state index is 11.4. The molecule has 0 aromatic heterocycles. The predicted octanol–water partition coefficient (Wildman–Crippen LogP) is 2.64. The van der Waals surface area contributed by atoms with Crippen LogP contribution < -0.4 is 0 Å². The lowest BCUT2D eigenvalue weighted by atomic mass is 9.93. The molecule has 2 atom stereocenters. The number of aliphatic hydroxyl groups excluding tert-OH is 2. The fourth-order valence-electron chi connectivity index (χ4n) is 3.44. The Hall–Kier alpha value is -4.54. The van der Waals surface area contributed by atoms with E-state index in [4.69, 9.17) is 10.2 Å². The molecule has 2 unspecified atom stereocenters. The summed E-state index contributed by atoms with van der Waals surface area (Å²) in [5.74, 6) is -5.75. The van der Waals surface area contributed by atoms with Gasteiger partial charge >= 0.3 is 23.9 Å². The molecule has 0 saturated heterocycles. The van der Waals surface area contributed by atoms with E-state index in [0.717, 1.165) is 24.3 Å². The first-order valence-electron chi connectivity index (χ1n) is 9.68. The molecule has 0 fully saturated rings. The number of hydrogen-bond acceptors (Lipinski definition) is 6. The van der Waals surface area contributed by atoms with E-state index in [9.17, 15) is 39.6 Å². The molecule has 3 rings (SSSR count). The quantitative estimate of drug-likeness (QED) is 0.288. The highest BCUT2D eigenvalue weighted by Gasteiger charge is 2.22. The van der Waals surface area contributed by atoms with Crippen molar-refractivity contribution < 1.29 is 49.8 Å². The van der Waals surface area contributed by atoms with Gasteiger partial charge in [-0.2, -0.15) is 0 Å². The van der Waals surface area contributed by atoms with Crippen LogP contribution in [-0.2, 0) is 0 Å². The maximum atomic E-state index is 11.4. The summed E-state index contributed by atoms with van der Waals surface area (Å²) in [6, 6.07) is 12.7. The average molecular weight is 466 g/mol. The van der Waals surface area contributed by atoms with Gasteiger partial charge in [-0.25, -0.2) is 19.2 Å². The fraction of sp³-hybridized carbons (Fsp3) is 0.0833. The first-order chi connectivity index (χ1) is 16.0. The lowest BCUT2D eigenvalue weighted by Crippen LogP contribution is -2.11. The van der Waals surface area contributed by atoms with Crippen molar-refractivity contribution in [2.24, 2.45) is 0 Å². The van der Waals surface area contributed by atoms with Crippen molar-refractivity contribution in [2.75, 3.05) is 0 Å². The zero-order valence-corrected chi connectivity index (χ0v) is 17.2. The summed E-state index contributed by atoms with van der Waals surface area (Å²) >= 11 is 0. The highest BCUT2D eigenvalue weighted by molar-refractivity contribution is 6.02. The van der Waals surface area contributed by atoms with E-state index in [1.807, 2.05) is 0 Å². The molecule has 0 aliphatic rings. The first-order valence-corrected chi connectivity index (χ1v) is 9.68. The summed E-state index contributed by atoms with van der Waals surface area (Å²) < 4.78 is 0. The van der Waals surface area contributed by atoms with Crippen LogP contribution in [0.1, 0.15) is 75.9 Å². The Morgan fingerprint density at radius 3 is 0.971 bits per heavy atom. The van der Waals surface area contributed by atoms with Gasteiger partial charge in [0.25, 0.3) is 0 Å². The summed E-state index contributed by atoms with van der Waals surface area (Å²) in [4.78, 5) is 45.1. The number of benzene rings is 3. The minimum Gasteiger partial charge on any atom is -0.478 e. The molecule has 10 heteroatoms. The largest absolute Gasteiger partial charge is 0.478 e. The van der Waals surface area contributed by atoms with Crippen molar-refractivity contribution in [3.05, 3.63) is 105 Å². The average Bonchev–Trinajstić information content (AvgIpc) is 2.82. The van der Waals surface area contributed by atoms with Crippen LogP contribution in [-0.4, -0.2) is 54.5 Å². The maximum Gasteiger partial charge on any atom is 0.336 e. The van der Waals surface area contributed by atoms with E-state index >= 15 is 0 Å². The molecule has 3 aromatic rings. The third kappa shape index (κ3) is 4.77. The highest BCUT2D eigenvalue weighted by atomic mass is 16.4. The molecular weight excluding hydrogens is 448 g/mol. The van der Waals surface area contributed by atoms with Crippen molar-refractivity contribution in [3.8, 4) is 0 Å². The van der Waals surface area contributed by atoms with Gasteiger partial charge < -0.3 is 30.6 Å². The molecule has 6 N–H and O–H groups in total. The third-order valence-electron chi connectivity index (χ3n) is 5.21. The minimum atomic E-state index is -1.46. The summed E-state index contributed by atoms with van der Waals surface area (Å²) in [5.41, 5.74) is -0.860. The van der Waals surface area contributed by atoms with Gasteiger partial charge in [0.15, 0.2) is 0 Å². The molecule has 10 nitrogen and oxygen atoms in total. The molecule has 0 radical (unpaired) electrons. The van der Waals surface area contributed by atoms with Crippen LogP contribution in [0, 0.1) is 0 Å². The Bertz CT molecular complexity index is 1190. The Kier molecular flexibility index (Phi) is 6.76. The zero-order chi connectivity index (χ0) is 25.2. The molecule has 34 heavy (non-hydrogen) atoms. The zero-order valence-electron chi connectivity index (χ0n) is 17.2. The van der Waals surface area contributed by atoms with Crippen LogP contribution >= 0.6 is 0 Å². The molecule has 3 aromatic carbocycles. The van der Waals surface area contributed by atoms with Gasteiger partial charge in [0.2, 0.25) is 0 Å². The second-order valence-corrected chi connectivity index (χ2v) is 7.30. The standard InChI is InChI=1S/C24H18O10/c25-19(13-5-7-15(21(27)28)17(9-13)23(31)32)11-1-2-12(4-3-11)20(26)14-6-8-16(22(29)30)18(10-14)24(33)34/h1-10,19-20,25-26H,(H,27,28)(H,29,30)(H,31,32)(H,33,34). The van der Waals surface area contributed by atoms with E-state index in [1.54, 1.807) is 0 Å². The monoisotopic (exact) mass is 466 g/mol. The van der Waals surface area contributed by atoms with Gasteiger partial charge in [0.1, 0.15) is 12.2 Å². The van der Waals surface area contributed by atoms with E-state index in [2.05, 4.69) is 0 Å². The summed E-state index contributed by atoms with van der Waals surface area (Å²) in [6.45, 7) is 0. The Morgan fingerprint density at radius 2 is 0.706 bits per heavy atom. The van der Waals surface area contributed by atoms with E-state index < -0.39 is 58.3 Å². The highest BCUT2D eigenvalue weighted by Crippen LogP contribution is 2.28. The normalized spacial score (nSPS) is 12.5. The van der Waals surface area contributed by atoms with Gasteiger partial charge in [-0.1, -0.05) is 36.4 Å². The summed E-state index contributed by atoms with van der Waals surface area (Å²) in [5, 5.41) is 58.0. The van der Waals surface area contributed by atoms with Gasteiger partial charge in [-0.05, 0) is 46.5 Å². The minimum absolute atomic E-state index is 0.144. The van der Waals surface area contributed by atoms with Crippen LogP contribution in [0.2, 0.25) is 0 Å². The Balaban J connectivity index is 1.89. The van der Waals surface area contributed by atoms with Crippen molar-refractivity contribution in [2.45, 2.75) is 12.2 Å². The number of carbonyl (C=O) groups is 4. The van der Waals surface area contributed by atoms with E-state index in [1.165, 1.54) is 36.4 Å². The molecule has 0 saturated carbocycles. The number of carboxylic acid groups (broad SMARTS) is 4. The van der Waals surface area contributed by atoms with Gasteiger partial charge in [0, 0.05) is 0 Å². The lowest BCUT2D eigenvalue weighted by Gasteiger charge is -2.16. The molecule has 0 aliphatic heterocycles. The third-order valence-corrected chi connectivity index (χ3v) is 5.21. The number of aromatic carboxylic acids is 4. The number of aliphatic hydroxyl groups is 2. The number of carboxylic acids is 4. The van der Waals surface area contributed by atoms with Gasteiger partial charge in [0.05, 0.1) is 22.3 Å². The van der Waals surface area contributed by atoms with Crippen molar-refractivity contribution in [3.63, 3.8) is 0 Å². The molecule has 174 valence electrons. The topological polar surface area (TPSA) is 190 Å². The molecule has 0 aliphatic carbocycles. The van der Waals surface area contributed by atoms with Crippen LogP contribution in [0.5, 0.6) is 0 Å². The van der Waals surface area contributed by atoms with Crippen LogP contribution in [0.25, 0.3) is 0 Å². The molecule has 0 heterocycles. The lowest BCUT2D eigenvalue weighted by molar-refractivity contribution is 0.0651. The summed E-state index contributed by atoms with van der Waals surface area (Å²) in [6.07, 6.45) is -2.58.